The third-order valence-electron chi connectivity index (χ3n) is 26.3. The van der Waals surface area contributed by atoms with E-state index in [9.17, 15) is 0 Å². The van der Waals surface area contributed by atoms with Crippen molar-refractivity contribution in [1.82, 2.24) is 29.9 Å². The van der Waals surface area contributed by atoms with Crippen molar-refractivity contribution >= 4 is 43.4 Å². The highest BCUT2D eigenvalue weighted by Gasteiger charge is 2.54. The minimum atomic E-state index is -0.573. The second-order valence-electron chi connectivity index (χ2n) is 33.3. The summed E-state index contributed by atoms with van der Waals surface area (Å²) in [5.74, 6) is 4.94. The Kier molecular flexibility index (Phi) is 17.3. The van der Waals surface area contributed by atoms with Gasteiger partial charge < -0.3 is 9.47 Å². The van der Waals surface area contributed by atoms with Gasteiger partial charge in [-0.3, -0.25) is 0 Å². The summed E-state index contributed by atoms with van der Waals surface area (Å²) in [5.41, 5.74) is 33.4. The molecule has 0 atom stereocenters. The summed E-state index contributed by atoms with van der Waals surface area (Å²) in [6.07, 6.45) is 0. The molecule has 2 aliphatic heterocycles. The first-order valence-corrected chi connectivity index (χ1v) is 43.5. The van der Waals surface area contributed by atoms with Crippen LogP contribution in [0, 0.1) is 0 Å². The minimum Gasteiger partial charge on any atom is -0.457 e. The monoisotopic (exact) mass is 1630 g/mol. The van der Waals surface area contributed by atoms with Crippen molar-refractivity contribution < 1.29 is 9.47 Å². The number of fused-ring (bicyclic) bond motifs is 26. The number of hydrogen-bond acceptors (Lipinski definition) is 8. The molecule has 0 amide bonds. The molecule has 26 rings (SSSR count). The lowest BCUT2D eigenvalue weighted by atomic mass is 9.66. The van der Waals surface area contributed by atoms with Gasteiger partial charge in [-0.1, -0.05) is 394 Å². The van der Waals surface area contributed by atoms with Crippen LogP contribution < -0.4 is 9.47 Å². The highest BCUT2D eigenvalue weighted by atomic mass is 16.5. The van der Waals surface area contributed by atoms with Gasteiger partial charge in [-0.2, -0.15) is 0 Å². The molecule has 0 radical (unpaired) electrons. The van der Waals surface area contributed by atoms with Gasteiger partial charge in [0.15, 0.2) is 11.6 Å². The maximum atomic E-state index is 6.66. The summed E-state index contributed by atoms with van der Waals surface area (Å²) >= 11 is 0. The zero-order valence-corrected chi connectivity index (χ0v) is 69.2. The lowest BCUT2D eigenvalue weighted by Crippen LogP contribution is -2.32. The van der Waals surface area contributed by atoms with E-state index in [1.54, 1.807) is 0 Å². The fraction of sp³-hybridized carbons (Fsp3) is 0.0167. The number of aromatic nitrogens is 6. The number of nitrogens with zero attached hydrogens (tertiary/aromatic N) is 6. The Morgan fingerprint density at radius 3 is 0.852 bits per heavy atom. The van der Waals surface area contributed by atoms with Gasteiger partial charge in [0.25, 0.3) is 0 Å². The van der Waals surface area contributed by atoms with Crippen molar-refractivity contribution in [2.24, 2.45) is 0 Å². The quantitative estimate of drug-likeness (QED) is 0.125. The molecule has 2 spiro atoms. The molecule has 8 nitrogen and oxygen atoms in total. The Bertz CT molecular complexity index is 8030. The topological polar surface area (TPSA) is 95.8 Å². The van der Waals surface area contributed by atoms with Crippen molar-refractivity contribution in [3.63, 3.8) is 0 Å². The lowest BCUT2D eigenvalue weighted by molar-refractivity contribution is 0.436. The first-order valence-electron chi connectivity index (χ1n) is 43.5. The Hall–Kier alpha value is -16.9. The summed E-state index contributed by atoms with van der Waals surface area (Å²) in [5, 5.41) is 6.90. The number of pyridine rings is 2. The standard InChI is InChI=1S/2C60H37N3O/c1-4-17-38(18-5-1)51-37-52(63-59(62-51)40-21-8-3-9-22-40)43-24-16-23-41(35-43)42-31-32-45-53(36-42)61-58(39-19-6-2-7-20-39)46-33-34-50-57(56(45)46)44-25-10-11-26-47(44)60(50)48-27-12-14-29-54(48)64-55-30-15-13-28-49(55)60;1-4-16-39(17-5-1)51-37-52(63-59(62-51)42-20-8-3-9-21-42)40-30-28-38(29-31-40)43-32-33-45-53(36-43)61-58(41-18-6-2-7-19-41)46-34-35-50-57(56(45)46)44-22-10-11-23-47(44)60(50)48-24-12-14-26-54(48)64-55-27-15-13-25-49(55)60/h2*1-37H. The third kappa shape index (κ3) is 11.8. The van der Waals surface area contributed by atoms with Gasteiger partial charge in [-0.05, 0) is 121 Å². The molecule has 2 aliphatic carbocycles. The third-order valence-corrected chi connectivity index (χ3v) is 26.3. The van der Waals surface area contributed by atoms with Gasteiger partial charge in [0, 0.05) is 99.1 Å². The lowest BCUT2D eigenvalue weighted by Gasteiger charge is -2.39. The number of rotatable bonds is 10. The molecule has 22 aromatic rings. The van der Waals surface area contributed by atoms with Crippen LogP contribution in [0.25, 0.3) is 178 Å². The van der Waals surface area contributed by atoms with Crippen molar-refractivity contribution in [2.75, 3.05) is 0 Å². The molecule has 8 heteroatoms. The van der Waals surface area contributed by atoms with E-state index in [-0.39, 0.29) is 0 Å². The fourth-order valence-corrected chi connectivity index (χ4v) is 20.7. The Morgan fingerprint density at radius 1 is 0.172 bits per heavy atom. The van der Waals surface area contributed by atoms with Gasteiger partial charge in [0.2, 0.25) is 0 Å². The van der Waals surface area contributed by atoms with Gasteiger partial charge in [0.05, 0.1) is 56.0 Å². The first kappa shape index (κ1) is 73.8. The van der Waals surface area contributed by atoms with Crippen LogP contribution in [0.5, 0.6) is 23.0 Å². The van der Waals surface area contributed by atoms with Crippen molar-refractivity contribution in [3.05, 3.63) is 493 Å². The Balaban J connectivity index is 0.000000139. The highest BCUT2D eigenvalue weighted by molar-refractivity contribution is 6.22. The van der Waals surface area contributed by atoms with E-state index in [1.807, 2.05) is 72.8 Å². The smallest absolute Gasteiger partial charge is 0.160 e. The minimum absolute atomic E-state index is 0.566. The summed E-state index contributed by atoms with van der Waals surface area (Å²) in [7, 11) is 0. The average molecular weight is 1630 g/mol. The molecule has 4 aliphatic rings. The highest BCUT2D eigenvalue weighted by Crippen LogP contribution is 2.66. The number of benzene rings is 18. The van der Waals surface area contributed by atoms with Crippen LogP contribution in [0.3, 0.4) is 0 Å². The first-order chi connectivity index (χ1) is 63.4. The van der Waals surface area contributed by atoms with Crippen molar-refractivity contribution in [2.45, 2.75) is 10.8 Å². The van der Waals surface area contributed by atoms with Crippen molar-refractivity contribution in [3.8, 4) is 158 Å². The molecule has 0 saturated heterocycles. The molecule has 0 unspecified atom stereocenters. The predicted molar refractivity (Wildman–Crippen MR) is 519 cm³/mol. The van der Waals surface area contributed by atoms with E-state index in [0.717, 1.165) is 179 Å². The van der Waals surface area contributed by atoms with E-state index in [1.165, 1.54) is 55.3 Å². The van der Waals surface area contributed by atoms with Crippen LogP contribution in [-0.2, 0) is 10.8 Å². The molecule has 6 heterocycles. The molecular weight excluding hydrogens is 1560 g/mol. The fourth-order valence-electron chi connectivity index (χ4n) is 20.7. The second-order valence-corrected chi connectivity index (χ2v) is 33.3. The molecule has 0 fully saturated rings. The average Bonchev–Trinajstić information content (AvgIpc) is 1.51. The van der Waals surface area contributed by atoms with E-state index >= 15 is 0 Å². The largest absolute Gasteiger partial charge is 0.457 e. The Morgan fingerprint density at radius 2 is 0.453 bits per heavy atom. The van der Waals surface area contributed by atoms with Crippen molar-refractivity contribution in [1.29, 1.82) is 0 Å². The zero-order valence-electron chi connectivity index (χ0n) is 69.2. The second kappa shape index (κ2) is 30.0. The van der Waals surface area contributed by atoms with Gasteiger partial charge in [-0.15, -0.1) is 0 Å². The zero-order chi connectivity index (χ0) is 84.4. The molecule has 0 bridgehead atoms. The number of hydrogen-bond donors (Lipinski definition) is 0. The SMILES string of the molecule is c1ccc(-c2cc(-c3ccc(-c4ccc5c(c4)nc(-c4ccccc4)c4ccc6c(c45)-c4ccccc4C64c5ccccc5Oc5ccccc54)cc3)nc(-c3ccccc3)n2)cc1.c1ccc(-c2cc(-c3cccc(-c4ccc5c(c4)nc(-c4ccccc4)c4ccc6c(c45)-c4ccccc4C64c5ccccc5Oc5ccccc54)c3)nc(-c3ccccc3)n2)cc1. The summed E-state index contributed by atoms with van der Waals surface area (Å²) < 4.78 is 13.3. The summed E-state index contributed by atoms with van der Waals surface area (Å²) in [6.45, 7) is 0. The molecule has 128 heavy (non-hydrogen) atoms. The van der Waals surface area contributed by atoms with Crippen LogP contribution in [-0.4, -0.2) is 29.9 Å². The maximum absolute atomic E-state index is 6.66. The van der Waals surface area contributed by atoms with Crippen LogP contribution in [0.15, 0.2) is 449 Å². The van der Waals surface area contributed by atoms with Gasteiger partial charge >= 0.3 is 0 Å². The normalized spacial score (nSPS) is 12.9. The van der Waals surface area contributed by atoms with E-state index in [4.69, 9.17) is 39.4 Å². The number of ether oxygens (including phenoxy) is 2. The van der Waals surface area contributed by atoms with E-state index in [0.29, 0.717) is 11.6 Å². The molecule has 0 saturated carbocycles. The summed E-state index contributed by atoms with van der Waals surface area (Å²) in [4.78, 5) is 31.3. The van der Waals surface area contributed by atoms with Gasteiger partial charge in [0.1, 0.15) is 23.0 Å². The number of para-hydroxylation sites is 4. The van der Waals surface area contributed by atoms with Crippen LogP contribution in [0.4, 0.5) is 0 Å². The maximum Gasteiger partial charge on any atom is 0.160 e. The van der Waals surface area contributed by atoms with E-state index < -0.39 is 10.8 Å². The van der Waals surface area contributed by atoms with Crippen LogP contribution in [0.2, 0.25) is 0 Å². The van der Waals surface area contributed by atoms with E-state index in [2.05, 4.69) is 376 Å². The molecule has 18 aromatic carbocycles. The van der Waals surface area contributed by atoms with Crippen LogP contribution >= 0.6 is 0 Å². The molecule has 4 aromatic heterocycles. The Labute approximate surface area is 739 Å². The summed E-state index contributed by atoms with van der Waals surface area (Å²) in [6, 6.07) is 159. The van der Waals surface area contributed by atoms with Crippen LogP contribution in [0.1, 0.15) is 44.5 Å². The molecule has 596 valence electrons. The predicted octanol–water partition coefficient (Wildman–Crippen LogP) is 30.0. The molecular formula is C120H74N6O2. The molecule has 0 N–H and O–H groups in total. The van der Waals surface area contributed by atoms with Gasteiger partial charge in [-0.25, -0.2) is 29.9 Å².